The number of nitrogens with zero attached hydrogens (tertiary/aromatic N) is 3. The number of benzene rings is 3. The molecule has 0 aliphatic rings. The number of carbonyl (C=O) groups is 1. The fourth-order valence-corrected chi connectivity index (χ4v) is 3.23. The van der Waals surface area contributed by atoms with Crippen molar-refractivity contribution >= 4 is 17.7 Å². The van der Waals surface area contributed by atoms with E-state index in [9.17, 15) is 10.1 Å². The topological polar surface area (TPSA) is 70.7 Å². The molecule has 3 aromatic carbocycles. The van der Waals surface area contributed by atoms with Crippen molar-refractivity contribution in [2.45, 2.75) is 6.92 Å². The highest BCUT2D eigenvalue weighted by molar-refractivity contribution is 6.10. The predicted octanol–water partition coefficient (Wildman–Crippen LogP) is 5.39. The van der Waals surface area contributed by atoms with Gasteiger partial charge in [-0.05, 0) is 36.8 Å². The zero-order valence-corrected chi connectivity index (χ0v) is 17.0. The summed E-state index contributed by atoms with van der Waals surface area (Å²) in [4.78, 5) is 12.8. The normalized spacial score (nSPS) is 11.0. The minimum absolute atomic E-state index is 0.00745. The van der Waals surface area contributed by atoms with Gasteiger partial charge in [-0.2, -0.15) is 10.4 Å². The maximum Gasteiger partial charge on any atom is 0.266 e. The Labute approximate surface area is 180 Å². The minimum atomic E-state index is -0.455. The van der Waals surface area contributed by atoms with Crippen molar-refractivity contribution in [1.82, 2.24) is 9.78 Å². The number of aromatic nitrogens is 2. The van der Waals surface area contributed by atoms with Crippen molar-refractivity contribution in [3.63, 3.8) is 0 Å². The average molecular weight is 404 g/mol. The Morgan fingerprint density at radius 1 is 0.968 bits per heavy atom. The van der Waals surface area contributed by atoms with E-state index in [-0.39, 0.29) is 5.57 Å². The van der Waals surface area contributed by atoms with Gasteiger partial charge in [-0.25, -0.2) is 4.68 Å². The Hall–Kier alpha value is -4.43. The molecule has 0 atom stereocenters. The Bertz CT molecular complexity index is 1280. The molecule has 0 spiro atoms. The lowest BCUT2D eigenvalue weighted by Gasteiger charge is -2.07. The van der Waals surface area contributed by atoms with Gasteiger partial charge < -0.3 is 5.32 Å². The van der Waals surface area contributed by atoms with Crippen molar-refractivity contribution in [1.29, 1.82) is 5.26 Å². The number of hydrogen-bond donors (Lipinski definition) is 1. The third kappa shape index (κ3) is 4.44. The molecule has 0 aliphatic heterocycles. The van der Waals surface area contributed by atoms with Crippen molar-refractivity contribution < 1.29 is 4.79 Å². The van der Waals surface area contributed by atoms with Crippen LogP contribution < -0.4 is 5.32 Å². The molecule has 0 fully saturated rings. The molecule has 31 heavy (non-hydrogen) atoms. The van der Waals surface area contributed by atoms with Crippen LogP contribution in [0.15, 0.2) is 96.7 Å². The molecule has 0 radical (unpaired) electrons. The van der Waals surface area contributed by atoms with Crippen LogP contribution in [-0.2, 0) is 4.79 Å². The lowest BCUT2D eigenvalue weighted by molar-refractivity contribution is -0.112. The summed E-state index contributed by atoms with van der Waals surface area (Å²) in [5, 5.41) is 17.2. The van der Waals surface area contributed by atoms with E-state index in [1.807, 2.05) is 104 Å². The first-order valence-electron chi connectivity index (χ1n) is 9.85. The van der Waals surface area contributed by atoms with Gasteiger partial charge in [0.1, 0.15) is 11.6 Å². The molecule has 1 aromatic heterocycles. The quantitative estimate of drug-likeness (QED) is 0.358. The molecule has 5 heteroatoms. The number of rotatable bonds is 5. The van der Waals surface area contributed by atoms with Crippen molar-refractivity contribution in [2.24, 2.45) is 0 Å². The highest BCUT2D eigenvalue weighted by Crippen LogP contribution is 2.26. The SMILES string of the molecule is Cc1ccccc1NC(=O)/C(C#N)=C\c1cn(-c2ccccc2)nc1-c1ccccc1. The zero-order valence-electron chi connectivity index (χ0n) is 17.0. The highest BCUT2D eigenvalue weighted by Gasteiger charge is 2.15. The van der Waals surface area contributed by atoms with Crippen LogP contribution in [0.2, 0.25) is 0 Å². The number of hydrogen-bond acceptors (Lipinski definition) is 3. The van der Waals surface area contributed by atoms with Crippen LogP contribution in [0.1, 0.15) is 11.1 Å². The summed E-state index contributed by atoms with van der Waals surface area (Å²) in [6, 6.07) is 28.9. The van der Waals surface area contributed by atoms with Crippen molar-refractivity contribution in [2.75, 3.05) is 5.32 Å². The van der Waals surface area contributed by atoms with E-state index < -0.39 is 5.91 Å². The third-order valence-corrected chi connectivity index (χ3v) is 4.87. The number of carbonyl (C=O) groups excluding carboxylic acids is 1. The lowest BCUT2D eigenvalue weighted by atomic mass is 10.1. The van der Waals surface area contributed by atoms with E-state index in [1.54, 1.807) is 10.8 Å². The van der Waals surface area contributed by atoms with Gasteiger partial charge in [-0.1, -0.05) is 66.7 Å². The number of nitrogens with one attached hydrogen (secondary N) is 1. The van der Waals surface area contributed by atoms with Gasteiger partial charge in [-0.3, -0.25) is 4.79 Å². The van der Waals surface area contributed by atoms with Crippen LogP contribution in [-0.4, -0.2) is 15.7 Å². The molecule has 0 bridgehead atoms. The summed E-state index contributed by atoms with van der Waals surface area (Å²) in [5.41, 5.74) is 4.79. The molecule has 5 nitrogen and oxygen atoms in total. The molecule has 1 N–H and O–H groups in total. The van der Waals surface area contributed by atoms with E-state index in [4.69, 9.17) is 5.10 Å². The van der Waals surface area contributed by atoms with Crippen LogP contribution in [0.4, 0.5) is 5.69 Å². The number of nitriles is 1. The summed E-state index contributed by atoms with van der Waals surface area (Å²) in [6.07, 6.45) is 3.42. The van der Waals surface area contributed by atoms with Gasteiger partial charge in [0.2, 0.25) is 0 Å². The summed E-state index contributed by atoms with van der Waals surface area (Å²) in [7, 11) is 0. The molecule has 4 aromatic rings. The van der Waals surface area contributed by atoms with E-state index in [1.165, 1.54) is 0 Å². The predicted molar refractivity (Wildman–Crippen MR) is 122 cm³/mol. The number of aryl methyl sites for hydroxylation is 1. The van der Waals surface area contributed by atoms with Gasteiger partial charge in [0, 0.05) is 23.0 Å². The van der Waals surface area contributed by atoms with Gasteiger partial charge in [0.15, 0.2) is 0 Å². The molecule has 1 heterocycles. The molecular weight excluding hydrogens is 384 g/mol. The zero-order chi connectivity index (χ0) is 21.6. The largest absolute Gasteiger partial charge is 0.321 e. The first kappa shape index (κ1) is 19.9. The maximum atomic E-state index is 12.8. The molecule has 0 saturated carbocycles. The maximum absolute atomic E-state index is 12.8. The van der Waals surface area contributed by atoms with Crippen LogP contribution in [0, 0.1) is 18.3 Å². The van der Waals surface area contributed by atoms with Crippen LogP contribution >= 0.6 is 0 Å². The molecule has 0 unspecified atom stereocenters. The fourth-order valence-electron chi connectivity index (χ4n) is 3.23. The van der Waals surface area contributed by atoms with E-state index in [0.717, 1.165) is 16.8 Å². The van der Waals surface area contributed by atoms with Crippen molar-refractivity contribution in [3.8, 4) is 23.0 Å². The molecule has 0 aliphatic carbocycles. The second-order valence-corrected chi connectivity index (χ2v) is 7.02. The highest BCUT2D eigenvalue weighted by atomic mass is 16.1. The Morgan fingerprint density at radius 2 is 1.61 bits per heavy atom. The third-order valence-electron chi connectivity index (χ3n) is 4.87. The second kappa shape index (κ2) is 8.93. The Morgan fingerprint density at radius 3 is 2.29 bits per heavy atom. The first-order valence-corrected chi connectivity index (χ1v) is 9.85. The summed E-state index contributed by atoms with van der Waals surface area (Å²) in [5.74, 6) is -0.455. The van der Waals surface area contributed by atoms with Crippen molar-refractivity contribution in [3.05, 3.63) is 108 Å². The molecule has 150 valence electrons. The number of anilines is 1. The Balaban J connectivity index is 1.75. The molecular formula is C26H20N4O. The number of amides is 1. The van der Waals surface area contributed by atoms with E-state index >= 15 is 0 Å². The molecule has 0 saturated heterocycles. The monoisotopic (exact) mass is 404 g/mol. The Kier molecular flexibility index (Phi) is 5.72. The van der Waals surface area contributed by atoms with E-state index in [2.05, 4.69) is 5.32 Å². The standard InChI is InChI=1S/C26H20N4O/c1-19-10-8-9-15-24(19)28-26(31)21(17-27)16-22-18-30(23-13-6-3-7-14-23)29-25(22)20-11-4-2-5-12-20/h2-16,18H,1H3,(H,28,31)/b21-16-. The number of para-hydroxylation sites is 2. The lowest BCUT2D eigenvalue weighted by Crippen LogP contribution is -2.14. The minimum Gasteiger partial charge on any atom is -0.321 e. The van der Waals surface area contributed by atoms with Gasteiger partial charge >= 0.3 is 0 Å². The summed E-state index contributed by atoms with van der Waals surface area (Å²) in [6.45, 7) is 1.91. The van der Waals surface area contributed by atoms with Gasteiger partial charge in [0.25, 0.3) is 5.91 Å². The molecule has 1 amide bonds. The summed E-state index contributed by atoms with van der Waals surface area (Å²) < 4.78 is 1.75. The van der Waals surface area contributed by atoms with Crippen LogP contribution in [0.25, 0.3) is 23.0 Å². The smallest absolute Gasteiger partial charge is 0.266 e. The van der Waals surface area contributed by atoms with Crippen LogP contribution in [0.5, 0.6) is 0 Å². The first-order chi connectivity index (χ1) is 15.2. The fraction of sp³-hybridized carbons (Fsp3) is 0.0385. The van der Waals surface area contributed by atoms with E-state index in [0.29, 0.717) is 16.9 Å². The van der Waals surface area contributed by atoms with Crippen LogP contribution in [0.3, 0.4) is 0 Å². The second-order valence-electron chi connectivity index (χ2n) is 7.02. The average Bonchev–Trinajstić information content (AvgIpc) is 3.24. The summed E-state index contributed by atoms with van der Waals surface area (Å²) >= 11 is 0. The molecule has 4 rings (SSSR count). The van der Waals surface area contributed by atoms with Gasteiger partial charge in [0.05, 0.1) is 11.4 Å². The van der Waals surface area contributed by atoms with Gasteiger partial charge in [-0.15, -0.1) is 0 Å².